The second kappa shape index (κ2) is 8.39. The lowest BCUT2D eigenvalue weighted by atomic mass is 10.2. The minimum atomic E-state index is 0.497. The maximum atomic E-state index is 6.04. The molecule has 5 nitrogen and oxygen atoms in total. The van der Waals surface area contributed by atoms with Crippen molar-refractivity contribution in [3.8, 4) is 11.5 Å². The summed E-state index contributed by atoms with van der Waals surface area (Å²) in [6.07, 6.45) is 0.630. The molecule has 0 amide bonds. The molecule has 0 N–H and O–H groups in total. The van der Waals surface area contributed by atoms with Crippen LogP contribution >= 0.6 is 0 Å². The summed E-state index contributed by atoms with van der Waals surface area (Å²) in [7, 11) is 1.98. The molecule has 0 radical (unpaired) electrons. The van der Waals surface area contributed by atoms with Gasteiger partial charge >= 0.3 is 0 Å². The number of aromatic nitrogens is 2. The Morgan fingerprint density at radius 1 is 0.786 bits per heavy atom. The van der Waals surface area contributed by atoms with Crippen molar-refractivity contribution in [3.63, 3.8) is 0 Å². The Balaban J connectivity index is 1.46. The van der Waals surface area contributed by atoms with Crippen LogP contribution in [-0.2, 0) is 13.0 Å². The van der Waals surface area contributed by atoms with Crippen molar-refractivity contribution in [2.45, 2.75) is 13.0 Å². The maximum Gasteiger partial charge on any atom is 0.235 e. The zero-order valence-corrected chi connectivity index (χ0v) is 15.7. The number of ether oxygens (including phenoxy) is 1. The minimum Gasteiger partial charge on any atom is -0.455 e. The Morgan fingerprint density at radius 3 is 2.21 bits per heavy atom. The predicted molar refractivity (Wildman–Crippen MR) is 109 cm³/mol. The quantitative estimate of drug-likeness (QED) is 0.453. The topological polar surface area (TPSA) is 51.4 Å². The molecule has 1 aromatic heterocycles. The zero-order chi connectivity index (χ0) is 19.2. The molecule has 3 aromatic carbocycles. The number of rotatable bonds is 7. The van der Waals surface area contributed by atoms with Crippen molar-refractivity contribution in [1.82, 2.24) is 10.2 Å². The first-order valence-corrected chi connectivity index (χ1v) is 9.16. The number of hydrogen-bond donors (Lipinski definition) is 0. The summed E-state index contributed by atoms with van der Waals surface area (Å²) >= 11 is 0. The van der Waals surface area contributed by atoms with Gasteiger partial charge in [0.15, 0.2) is 5.75 Å². The van der Waals surface area contributed by atoms with E-state index in [1.54, 1.807) is 0 Å². The van der Waals surface area contributed by atoms with E-state index < -0.39 is 0 Å². The van der Waals surface area contributed by atoms with E-state index in [1.807, 2.05) is 96.9 Å². The van der Waals surface area contributed by atoms with Crippen LogP contribution in [0.5, 0.6) is 11.5 Å². The van der Waals surface area contributed by atoms with Crippen molar-refractivity contribution < 1.29 is 9.15 Å². The molecule has 0 aliphatic heterocycles. The summed E-state index contributed by atoms with van der Waals surface area (Å²) < 4.78 is 11.9. The summed E-state index contributed by atoms with van der Waals surface area (Å²) in [4.78, 5) is 2.04. The third kappa shape index (κ3) is 4.38. The van der Waals surface area contributed by atoms with Crippen molar-refractivity contribution >= 4 is 5.69 Å². The summed E-state index contributed by atoms with van der Waals surface area (Å²) in [6.45, 7) is 0.497. The van der Waals surface area contributed by atoms with Gasteiger partial charge in [-0.2, -0.15) is 0 Å². The lowest BCUT2D eigenvalue weighted by Crippen LogP contribution is -2.17. The van der Waals surface area contributed by atoms with Crippen molar-refractivity contribution in [3.05, 3.63) is 102 Å². The van der Waals surface area contributed by atoms with E-state index in [9.17, 15) is 0 Å². The van der Waals surface area contributed by atoms with E-state index in [2.05, 4.69) is 10.2 Å². The maximum absolute atomic E-state index is 6.04. The second-order valence-corrected chi connectivity index (χ2v) is 6.49. The Bertz CT molecular complexity index is 1020. The van der Waals surface area contributed by atoms with E-state index in [1.165, 1.54) is 0 Å². The number of benzene rings is 3. The van der Waals surface area contributed by atoms with Gasteiger partial charge in [0.05, 0.1) is 18.7 Å². The van der Waals surface area contributed by atoms with Crippen molar-refractivity contribution in [2.75, 3.05) is 11.9 Å². The van der Waals surface area contributed by atoms with Crippen LogP contribution in [0, 0.1) is 0 Å². The van der Waals surface area contributed by atoms with Crippen LogP contribution in [-0.4, -0.2) is 17.2 Å². The van der Waals surface area contributed by atoms with Crippen LogP contribution in [0.15, 0.2) is 89.3 Å². The predicted octanol–water partition coefficient (Wildman–Crippen LogP) is 5.09. The van der Waals surface area contributed by atoms with Gasteiger partial charge < -0.3 is 14.1 Å². The van der Waals surface area contributed by atoms with Crippen LogP contribution in [0.1, 0.15) is 17.3 Å². The Kier molecular flexibility index (Phi) is 5.33. The molecule has 0 bridgehead atoms. The number of anilines is 1. The zero-order valence-electron chi connectivity index (χ0n) is 15.7. The highest BCUT2D eigenvalue weighted by Gasteiger charge is 2.13. The first-order valence-electron chi connectivity index (χ1n) is 9.16. The van der Waals surface area contributed by atoms with Gasteiger partial charge in [-0.1, -0.05) is 60.7 Å². The standard InChI is InChI=1S/C23H21N3O2/c1-26(17-23-25-24-22(28-23)16-18-10-4-2-5-11-18)20-14-8-9-15-21(20)27-19-12-6-3-7-13-19/h2-15H,16-17H2,1H3. The highest BCUT2D eigenvalue weighted by atomic mass is 16.5. The Hall–Kier alpha value is -3.60. The first-order chi connectivity index (χ1) is 13.8. The molecule has 1 heterocycles. The minimum absolute atomic E-state index is 0.497. The van der Waals surface area contributed by atoms with Gasteiger partial charge in [-0.15, -0.1) is 10.2 Å². The van der Waals surface area contributed by atoms with Crippen molar-refractivity contribution in [1.29, 1.82) is 0 Å². The summed E-state index contributed by atoms with van der Waals surface area (Å²) in [5.41, 5.74) is 2.10. The second-order valence-electron chi connectivity index (χ2n) is 6.49. The summed E-state index contributed by atoms with van der Waals surface area (Å²) in [5.74, 6) is 2.76. The fraction of sp³-hybridized carbons (Fsp3) is 0.130. The lowest BCUT2D eigenvalue weighted by Gasteiger charge is -2.20. The normalized spacial score (nSPS) is 10.6. The van der Waals surface area contributed by atoms with Gasteiger partial charge in [-0.25, -0.2) is 0 Å². The average Bonchev–Trinajstić information content (AvgIpc) is 3.16. The molecule has 0 spiro atoms. The van der Waals surface area contributed by atoms with Gasteiger partial charge in [0.1, 0.15) is 5.75 Å². The fourth-order valence-electron chi connectivity index (χ4n) is 2.96. The molecule has 4 aromatic rings. The molecular weight excluding hydrogens is 350 g/mol. The molecule has 0 aliphatic rings. The molecule has 0 unspecified atom stereocenters. The largest absolute Gasteiger partial charge is 0.455 e. The summed E-state index contributed by atoms with van der Waals surface area (Å²) in [5, 5.41) is 8.37. The monoisotopic (exact) mass is 371 g/mol. The highest BCUT2D eigenvalue weighted by Crippen LogP contribution is 2.32. The molecular formula is C23H21N3O2. The molecule has 4 rings (SSSR count). The molecule has 0 aliphatic carbocycles. The summed E-state index contributed by atoms with van der Waals surface area (Å²) in [6, 6.07) is 27.7. The SMILES string of the molecule is CN(Cc1nnc(Cc2ccccc2)o1)c1ccccc1Oc1ccccc1. The van der Waals surface area contributed by atoms with Gasteiger partial charge in [-0.05, 0) is 29.8 Å². The Morgan fingerprint density at radius 2 is 1.43 bits per heavy atom. The van der Waals surface area contributed by atoms with E-state index in [4.69, 9.17) is 9.15 Å². The highest BCUT2D eigenvalue weighted by molar-refractivity contribution is 5.59. The fourth-order valence-corrected chi connectivity index (χ4v) is 2.96. The lowest BCUT2D eigenvalue weighted by molar-refractivity contribution is 0.453. The van der Waals surface area contributed by atoms with Gasteiger partial charge in [0, 0.05) is 7.05 Å². The molecule has 0 saturated heterocycles. The average molecular weight is 371 g/mol. The molecule has 28 heavy (non-hydrogen) atoms. The van der Waals surface area contributed by atoms with Gasteiger partial charge in [0.25, 0.3) is 0 Å². The van der Waals surface area contributed by atoms with E-state index in [-0.39, 0.29) is 0 Å². The molecule has 0 saturated carbocycles. The van der Waals surface area contributed by atoms with Gasteiger partial charge in [-0.3, -0.25) is 0 Å². The van der Waals surface area contributed by atoms with E-state index in [0.29, 0.717) is 24.7 Å². The van der Waals surface area contributed by atoms with Crippen molar-refractivity contribution in [2.24, 2.45) is 0 Å². The number of hydrogen-bond acceptors (Lipinski definition) is 5. The van der Waals surface area contributed by atoms with Crippen LogP contribution < -0.4 is 9.64 Å². The molecule has 140 valence electrons. The van der Waals surface area contributed by atoms with Crippen LogP contribution in [0.25, 0.3) is 0 Å². The third-order valence-corrected chi connectivity index (χ3v) is 4.33. The number of nitrogens with zero attached hydrogens (tertiary/aromatic N) is 3. The molecule has 5 heteroatoms. The Labute approximate surface area is 164 Å². The molecule has 0 atom stereocenters. The van der Waals surface area contributed by atoms with Crippen LogP contribution in [0.2, 0.25) is 0 Å². The number of para-hydroxylation sites is 3. The van der Waals surface area contributed by atoms with Crippen LogP contribution in [0.4, 0.5) is 5.69 Å². The smallest absolute Gasteiger partial charge is 0.235 e. The third-order valence-electron chi connectivity index (χ3n) is 4.33. The van der Waals surface area contributed by atoms with Gasteiger partial charge in [0.2, 0.25) is 11.8 Å². The van der Waals surface area contributed by atoms with E-state index >= 15 is 0 Å². The van der Waals surface area contributed by atoms with Crippen LogP contribution in [0.3, 0.4) is 0 Å². The van der Waals surface area contributed by atoms with E-state index in [0.717, 1.165) is 22.7 Å². The first kappa shape index (κ1) is 17.8. The molecule has 0 fully saturated rings.